The Hall–Kier alpha value is -3.40. The summed E-state index contributed by atoms with van der Waals surface area (Å²) in [6, 6.07) is 4.15. The molecular weight excluding hydrogens is 354 g/mol. The van der Waals surface area contributed by atoms with Gasteiger partial charge in [0.2, 0.25) is 0 Å². The van der Waals surface area contributed by atoms with Gasteiger partial charge in [0.05, 0.1) is 23.9 Å². The van der Waals surface area contributed by atoms with Gasteiger partial charge in [-0.15, -0.1) is 0 Å². The normalized spacial score (nSPS) is 11.2. The van der Waals surface area contributed by atoms with Crippen molar-refractivity contribution in [2.75, 3.05) is 6.61 Å². The van der Waals surface area contributed by atoms with Crippen LogP contribution in [0, 0.1) is 18.3 Å². The van der Waals surface area contributed by atoms with E-state index in [9.17, 15) is 10.1 Å². The molecule has 0 fully saturated rings. The van der Waals surface area contributed by atoms with Gasteiger partial charge in [-0.05, 0) is 44.7 Å². The number of allylic oxidation sites excluding steroid dienone is 2. The number of aryl methyl sites for hydroxylation is 2. The molecule has 3 aromatic heterocycles. The highest BCUT2D eigenvalue weighted by Crippen LogP contribution is 2.27. The van der Waals surface area contributed by atoms with E-state index in [2.05, 4.69) is 35.3 Å². The summed E-state index contributed by atoms with van der Waals surface area (Å²) in [4.78, 5) is 12.3. The van der Waals surface area contributed by atoms with E-state index in [1.54, 1.807) is 28.5 Å². The maximum absolute atomic E-state index is 12.3. The Morgan fingerprint density at radius 3 is 2.86 bits per heavy atom. The molecule has 0 aliphatic heterocycles. The van der Waals surface area contributed by atoms with E-state index in [0.717, 1.165) is 25.0 Å². The van der Waals surface area contributed by atoms with Crippen LogP contribution in [0.2, 0.25) is 0 Å². The highest BCUT2D eigenvalue weighted by Gasteiger charge is 2.22. The summed E-state index contributed by atoms with van der Waals surface area (Å²) in [5, 5.41) is 18.4. The van der Waals surface area contributed by atoms with Crippen molar-refractivity contribution in [3.05, 3.63) is 59.2 Å². The van der Waals surface area contributed by atoms with Crippen molar-refractivity contribution in [2.24, 2.45) is 0 Å². The molecule has 0 radical (unpaired) electrons. The number of aromatic nitrogens is 4. The molecule has 0 aliphatic carbocycles. The van der Waals surface area contributed by atoms with Crippen LogP contribution in [0.3, 0.4) is 0 Å². The standard InChI is InChI=1S/C21H23N5O2/c1-4-6-7-8-9-17-10-11-23-26(17)20-16(12-22)13-24-25-14-18(15(3)19(20)25)21(27)28-5-2/h6-7,10-11,13-14H,4-5,8-9H2,1-3H3/b7-6-. The largest absolute Gasteiger partial charge is 0.462 e. The van der Waals surface area contributed by atoms with Gasteiger partial charge in [-0.25, -0.2) is 14.0 Å². The van der Waals surface area contributed by atoms with E-state index < -0.39 is 5.97 Å². The van der Waals surface area contributed by atoms with Crippen molar-refractivity contribution in [3.63, 3.8) is 0 Å². The van der Waals surface area contributed by atoms with Crippen LogP contribution in [0.25, 0.3) is 11.2 Å². The molecule has 0 bridgehead atoms. The van der Waals surface area contributed by atoms with E-state index in [4.69, 9.17) is 4.74 Å². The summed E-state index contributed by atoms with van der Waals surface area (Å²) in [5.41, 5.74) is 3.85. The Morgan fingerprint density at radius 1 is 1.32 bits per heavy atom. The number of hydrogen-bond acceptors (Lipinski definition) is 5. The summed E-state index contributed by atoms with van der Waals surface area (Å²) in [7, 11) is 0. The minimum atomic E-state index is -0.402. The zero-order valence-corrected chi connectivity index (χ0v) is 16.3. The molecular formula is C21H23N5O2. The number of ether oxygens (including phenoxy) is 1. The maximum Gasteiger partial charge on any atom is 0.340 e. The van der Waals surface area contributed by atoms with Crippen LogP contribution < -0.4 is 0 Å². The average molecular weight is 377 g/mol. The zero-order chi connectivity index (χ0) is 20.1. The lowest BCUT2D eigenvalue weighted by atomic mass is 10.1. The second-order valence-electron chi connectivity index (χ2n) is 6.35. The van der Waals surface area contributed by atoms with E-state index >= 15 is 0 Å². The maximum atomic E-state index is 12.3. The highest BCUT2D eigenvalue weighted by atomic mass is 16.5. The summed E-state index contributed by atoms with van der Waals surface area (Å²) < 4.78 is 8.54. The third kappa shape index (κ3) is 3.54. The van der Waals surface area contributed by atoms with E-state index in [1.165, 1.54) is 6.20 Å². The Balaban J connectivity index is 2.16. The number of fused-ring (bicyclic) bond motifs is 1. The molecule has 28 heavy (non-hydrogen) atoms. The van der Waals surface area contributed by atoms with Crippen molar-refractivity contribution in [1.29, 1.82) is 5.26 Å². The first-order valence-corrected chi connectivity index (χ1v) is 9.38. The first kappa shape index (κ1) is 19.4. The monoisotopic (exact) mass is 377 g/mol. The third-order valence-corrected chi connectivity index (χ3v) is 4.55. The fraction of sp³-hybridized carbons (Fsp3) is 0.333. The molecule has 0 saturated heterocycles. The number of esters is 1. The van der Waals surface area contributed by atoms with Crippen LogP contribution >= 0.6 is 0 Å². The number of nitriles is 1. The van der Waals surface area contributed by atoms with Gasteiger partial charge in [-0.1, -0.05) is 19.1 Å². The van der Waals surface area contributed by atoms with Gasteiger partial charge in [0.15, 0.2) is 0 Å². The average Bonchev–Trinajstić information content (AvgIpc) is 3.29. The number of rotatable bonds is 7. The van der Waals surface area contributed by atoms with Crippen molar-refractivity contribution in [1.82, 2.24) is 19.4 Å². The predicted octanol–water partition coefficient (Wildman–Crippen LogP) is 3.78. The van der Waals surface area contributed by atoms with E-state index in [-0.39, 0.29) is 0 Å². The van der Waals surface area contributed by atoms with Crippen molar-refractivity contribution >= 4 is 11.5 Å². The summed E-state index contributed by atoms with van der Waals surface area (Å²) in [6.45, 7) is 6.00. The summed E-state index contributed by atoms with van der Waals surface area (Å²) >= 11 is 0. The van der Waals surface area contributed by atoms with Crippen molar-refractivity contribution in [2.45, 2.75) is 40.0 Å². The van der Waals surface area contributed by atoms with Crippen LogP contribution in [0.4, 0.5) is 0 Å². The van der Waals surface area contributed by atoms with Gasteiger partial charge in [-0.3, -0.25) is 0 Å². The lowest BCUT2D eigenvalue weighted by Crippen LogP contribution is -2.08. The van der Waals surface area contributed by atoms with E-state index in [1.807, 2.05) is 13.0 Å². The number of carbonyl (C=O) groups is 1. The molecule has 144 valence electrons. The van der Waals surface area contributed by atoms with Gasteiger partial charge in [0.1, 0.15) is 17.3 Å². The summed E-state index contributed by atoms with van der Waals surface area (Å²) in [5.74, 6) is -0.402. The molecule has 0 atom stereocenters. The van der Waals surface area contributed by atoms with Crippen LogP contribution in [0.5, 0.6) is 0 Å². The van der Waals surface area contributed by atoms with Gasteiger partial charge < -0.3 is 4.74 Å². The molecule has 3 rings (SSSR count). The number of nitrogens with zero attached hydrogens (tertiary/aromatic N) is 5. The second-order valence-corrected chi connectivity index (χ2v) is 6.35. The molecule has 0 unspecified atom stereocenters. The van der Waals surface area contributed by atoms with Gasteiger partial charge in [0, 0.05) is 18.1 Å². The van der Waals surface area contributed by atoms with Gasteiger partial charge in [-0.2, -0.15) is 15.5 Å². The first-order chi connectivity index (χ1) is 13.6. The zero-order valence-electron chi connectivity index (χ0n) is 16.3. The minimum absolute atomic E-state index is 0.294. The van der Waals surface area contributed by atoms with Crippen molar-refractivity contribution < 1.29 is 9.53 Å². The molecule has 7 heteroatoms. The molecule has 0 aliphatic rings. The van der Waals surface area contributed by atoms with Gasteiger partial charge >= 0.3 is 5.97 Å². The van der Waals surface area contributed by atoms with Crippen molar-refractivity contribution in [3.8, 4) is 11.8 Å². The van der Waals surface area contributed by atoms with Crippen LogP contribution in [-0.4, -0.2) is 32.0 Å². The molecule has 7 nitrogen and oxygen atoms in total. The Kier molecular flexibility index (Phi) is 5.90. The SMILES string of the molecule is CC/C=C\CCc1ccnn1-c1c(C#N)cnn2cc(C(=O)OCC)c(C)c12. The second kappa shape index (κ2) is 8.53. The fourth-order valence-corrected chi connectivity index (χ4v) is 3.22. The highest BCUT2D eigenvalue weighted by molar-refractivity contribution is 5.95. The predicted molar refractivity (Wildman–Crippen MR) is 105 cm³/mol. The molecule has 3 heterocycles. The molecule has 0 aromatic carbocycles. The third-order valence-electron chi connectivity index (χ3n) is 4.55. The fourth-order valence-electron chi connectivity index (χ4n) is 3.22. The molecule has 3 aromatic rings. The molecule has 0 amide bonds. The lowest BCUT2D eigenvalue weighted by Gasteiger charge is -2.11. The van der Waals surface area contributed by atoms with Crippen LogP contribution in [0.1, 0.15) is 53.9 Å². The molecule has 0 spiro atoms. The molecule has 0 N–H and O–H groups in total. The molecule has 0 saturated carbocycles. The van der Waals surface area contributed by atoms with E-state index in [0.29, 0.717) is 34.5 Å². The topological polar surface area (TPSA) is 85.2 Å². The van der Waals surface area contributed by atoms with Crippen LogP contribution in [0.15, 0.2) is 36.8 Å². The van der Waals surface area contributed by atoms with Crippen LogP contribution in [-0.2, 0) is 11.2 Å². The Morgan fingerprint density at radius 2 is 2.14 bits per heavy atom. The summed E-state index contributed by atoms with van der Waals surface area (Å²) in [6.07, 6.45) is 11.8. The Labute approximate surface area is 163 Å². The number of hydrogen-bond donors (Lipinski definition) is 0. The first-order valence-electron chi connectivity index (χ1n) is 9.38. The number of carbonyl (C=O) groups excluding carboxylic acids is 1. The smallest absolute Gasteiger partial charge is 0.340 e. The minimum Gasteiger partial charge on any atom is -0.462 e. The quantitative estimate of drug-likeness (QED) is 0.462. The lowest BCUT2D eigenvalue weighted by molar-refractivity contribution is 0.0525. The van der Waals surface area contributed by atoms with Gasteiger partial charge in [0.25, 0.3) is 0 Å². The Bertz CT molecular complexity index is 1070.